The van der Waals surface area contributed by atoms with Gasteiger partial charge in [0.2, 0.25) is 5.91 Å². The summed E-state index contributed by atoms with van der Waals surface area (Å²) in [5, 5.41) is 6.15. The number of nitrogens with one attached hydrogen (secondary N) is 2. The number of benzene rings is 2. The molecule has 0 aliphatic rings. The first kappa shape index (κ1) is 18.5. The third-order valence-corrected chi connectivity index (χ3v) is 4.15. The van der Waals surface area contributed by atoms with E-state index in [4.69, 9.17) is 4.74 Å². The predicted molar refractivity (Wildman–Crippen MR) is 108 cm³/mol. The molecule has 0 aliphatic carbocycles. The highest BCUT2D eigenvalue weighted by Crippen LogP contribution is 2.18. The molecule has 3 rings (SSSR count). The average Bonchev–Trinajstić information content (AvgIpc) is 2.70. The van der Waals surface area contributed by atoms with Crippen LogP contribution in [0.25, 0.3) is 0 Å². The highest BCUT2D eigenvalue weighted by Gasteiger charge is 2.05. The highest BCUT2D eigenvalue weighted by atomic mass is 16.5. The Morgan fingerprint density at radius 1 is 1.00 bits per heavy atom. The highest BCUT2D eigenvalue weighted by molar-refractivity contribution is 5.91. The fraction of sp³-hybridized carbons (Fsp3) is 0.182. The third-order valence-electron chi connectivity index (χ3n) is 4.15. The molecule has 0 aliphatic heterocycles. The van der Waals surface area contributed by atoms with Crippen LogP contribution in [0, 0.1) is 0 Å². The Kier molecular flexibility index (Phi) is 6.41. The summed E-state index contributed by atoms with van der Waals surface area (Å²) in [4.78, 5) is 16.4. The fourth-order valence-electron chi connectivity index (χ4n) is 2.79. The number of pyridine rings is 1. The number of ether oxygens (including phenoxy) is 1. The van der Waals surface area contributed by atoms with E-state index < -0.39 is 0 Å². The van der Waals surface area contributed by atoms with Crippen LogP contribution < -0.4 is 15.4 Å². The van der Waals surface area contributed by atoms with Crippen LogP contribution in [0.3, 0.4) is 0 Å². The second kappa shape index (κ2) is 9.38. The molecule has 138 valence electrons. The quantitative estimate of drug-likeness (QED) is 0.638. The minimum atomic E-state index is -0.0782. The van der Waals surface area contributed by atoms with Gasteiger partial charge in [0.1, 0.15) is 11.6 Å². The number of rotatable bonds is 8. The van der Waals surface area contributed by atoms with Crippen molar-refractivity contribution in [3.05, 3.63) is 84.1 Å². The summed E-state index contributed by atoms with van der Waals surface area (Å²) in [5.74, 6) is 1.37. The molecule has 0 saturated heterocycles. The topological polar surface area (TPSA) is 63.2 Å². The van der Waals surface area contributed by atoms with Crippen LogP contribution in [-0.2, 0) is 17.6 Å². The molecule has 0 spiro atoms. The zero-order valence-electron chi connectivity index (χ0n) is 15.3. The van der Waals surface area contributed by atoms with Crippen LogP contribution >= 0.6 is 0 Å². The van der Waals surface area contributed by atoms with Crippen LogP contribution in [0.2, 0.25) is 0 Å². The van der Waals surface area contributed by atoms with Crippen LogP contribution in [0.5, 0.6) is 5.75 Å². The zero-order valence-corrected chi connectivity index (χ0v) is 15.3. The molecule has 2 aromatic carbocycles. The summed E-state index contributed by atoms with van der Waals surface area (Å²) in [6.45, 7) is 0.766. The first-order valence-electron chi connectivity index (χ1n) is 8.90. The summed E-state index contributed by atoms with van der Waals surface area (Å²) < 4.78 is 5.36. The number of aromatic nitrogens is 1. The lowest BCUT2D eigenvalue weighted by Gasteiger charge is -2.10. The lowest BCUT2D eigenvalue weighted by Crippen LogP contribution is -2.15. The smallest absolute Gasteiger partial charge is 0.229 e. The standard InChI is InChI=1S/C22H23N3O2/c1-27-20-10-6-5-9-18(20)13-14-23-19-11-12-21(24-16-19)25-22(26)15-17-7-3-2-4-8-17/h2-12,16,23H,13-15H2,1H3,(H,24,25,26). The van der Waals surface area contributed by atoms with E-state index in [1.807, 2.05) is 54.6 Å². The molecular formula is C22H23N3O2. The van der Waals surface area contributed by atoms with Crippen molar-refractivity contribution in [2.75, 3.05) is 24.3 Å². The lowest BCUT2D eigenvalue weighted by atomic mass is 10.1. The Morgan fingerprint density at radius 2 is 1.78 bits per heavy atom. The molecule has 0 atom stereocenters. The Bertz CT molecular complexity index is 864. The van der Waals surface area contributed by atoms with Gasteiger partial charge in [0.05, 0.1) is 25.4 Å². The molecule has 1 aromatic heterocycles. The van der Waals surface area contributed by atoms with Gasteiger partial charge in [0, 0.05) is 6.54 Å². The molecular weight excluding hydrogens is 338 g/mol. The van der Waals surface area contributed by atoms with Gasteiger partial charge in [0.15, 0.2) is 0 Å². The Hall–Kier alpha value is -3.34. The maximum absolute atomic E-state index is 12.1. The van der Waals surface area contributed by atoms with Gasteiger partial charge in [-0.3, -0.25) is 4.79 Å². The van der Waals surface area contributed by atoms with Crippen molar-refractivity contribution in [2.45, 2.75) is 12.8 Å². The maximum atomic E-state index is 12.1. The second-order valence-electron chi connectivity index (χ2n) is 6.13. The van der Waals surface area contributed by atoms with E-state index in [9.17, 15) is 4.79 Å². The van der Waals surface area contributed by atoms with Gasteiger partial charge in [-0.1, -0.05) is 48.5 Å². The lowest BCUT2D eigenvalue weighted by molar-refractivity contribution is -0.115. The Balaban J connectivity index is 1.48. The number of hydrogen-bond acceptors (Lipinski definition) is 4. The molecule has 0 bridgehead atoms. The number of carbonyl (C=O) groups excluding carboxylic acids is 1. The number of amides is 1. The fourth-order valence-corrected chi connectivity index (χ4v) is 2.79. The van der Waals surface area contributed by atoms with Gasteiger partial charge in [-0.15, -0.1) is 0 Å². The van der Waals surface area contributed by atoms with E-state index in [0.717, 1.165) is 35.5 Å². The molecule has 0 fully saturated rings. The van der Waals surface area contributed by atoms with Crippen LogP contribution in [0.4, 0.5) is 11.5 Å². The summed E-state index contributed by atoms with van der Waals surface area (Å²) in [5.41, 5.74) is 3.04. The van der Waals surface area contributed by atoms with Gasteiger partial charge >= 0.3 is 0 Å². The molecule has 5 heteroatoms. The monoisotopic (exact) mass is 361 g/mol. The number of anilines is 2. The van der Waals surface area contributed by atoms with E-state index in [1.165, 1.54) is 0 Å². The normalized spacial score (nSPS) is 10.3. The SMILES string of the molecule is COc1ccccc1CCNc1ccc(NC(=O)Cc2ccccc2)nc1. The maximum Gasteiger partial charge on any atom is 0.229 e. The van der Waals surface area contributed by atoms with Crippen molar-refractivity contribution >= 4 is 17.4 Å². The van der Waals surface area contributed by atoms with E-state index in [1.54, 1.807) is 19.4 Å². The first-order chi connectivity index (χ1) is 13.2. The van der Waals surface area contributed by atoms with E-state index in [2.05, 4.69) is 21.7 Å². The molecule has 5 nitrogen and oxygen atoms in total. The van der Waals surface area contributed by atoms with E-state index >= 15 is 0 Å². The molecule has 0 unspecified atom stereocenters. The van der Waals surface area contributed by atoms with Gasteiger partial charge in [-0.25, -0.2) is 4.98 Å². The average molecular weight is 361 g/mol. The zero-order chi connectivity index (χ0) is 18.9. The Morgan fingerprint density at radius 3 is 2.52 bits per heavy atom. The van der Waals surface area contributed by atoms with Gasteiger partial charge in [0.25, 0.3) is 0 Å². The number of hydrogen-bond donors (Lipinski definition) is 2. The molecule has 3 aromatic rings. The minimum absolute atomic E-state index is 0.0782. The summed E-state index contributed by atoms with van der Waals surface area (Å²) in [7, 11) is 1.68. The molecule has 0 radical (unpaired) electrons. The molecule has 2 N–H and O–H groups in total. The van der Waals surface area contributed by atoms with Crippen molar-refractivity contribution in [1.82, 2.24) is 4.98 Å². The molecule has 27 heavy (non-hydrogen) atoms. The van der Waals surface area contributed by atoms with Crippen molar-refractivity contribution in [2.24, 2.45) is 0 Å². The van der Waals surface area contributed by atoms with Crippen molar-refractivity contribution < 1.29 is 9.53 Å². The molecule has 1 heterocycles. The summed E-state index contributed by atoms with van der Waals surface area (Å²) in [6, 6.07) is 21.3. The minimum Gasteiger partial charge on any atom is -0.496 e. The molecule has 1 amide bonds. The van der Waals surface area contributed by atoms with Crippen LogP contribution in [0.15, 0.2) is 72.9 Å². The summed E-state index contributed by atoms with van der Waals surface area (Å²) >= 11 is 0. The largest absolute Gasteiger partial charge is 0.496 e. The van der Waals surface area contributed by atoms with Gasteiger partial charge in [-0.05, 0) is 35.7 Å². The van der Waals surface area contributed by atoms with E-state index in [-0.39, 0.29) is 5.91 Å². The van der Waals surface area contributed by atoms with Crippen LogP contribution in [-0.4, -0.2) is 24.5 Å². The Labute approximate surface area is 159 Å². The number of carbonyl (C=O) groups is 1. The summed E-state index contributed by atoms with van der Waals surface area (Å²) in [6.07, 6.45) is 2.90. The van der Waals surface area contributed by atoms with Crippen molar-refractivity contribution in [3.8, 4) is 5.75 Å². The van der Waals surface area contributed by atoms with Crippen LogP contribution in [0.1, 0.15) is 11.1 Å². The molecule has 0 saturated carbocycles. The first-order valence-corrected chi connectivity index (χ1v) is 8.90. The second-order valence-corrected chi connectivity index (χ2v) is 6.13. The number of nitrogens with zero attached hydrogens (tertiary/aromatic N) is 1. The van der Waals surface area contributed by atoms with Gasteiger partial charge in [-0.2, -0.15) is 0 Å². The third kappa shape index (κ3) is 5.57. The van der Waals surface area contributed by atoms with Crippen molar-refractivity contribution in [1.29, 1.82) is 0 Å². The van der Waals surface area contributed by atoms with E-state index in [0.29, 0.717) is 12.2 Å². The van der Waals surface area contributed by atoms with Gasteiger partial charge < -0.3 is 15.4 Å². The predicted octanol–water partition coefficient (Wildman–Crippen LogP) is 3.93. The number of para-hydroxylation sites is 1. The number of methoxy groups -OCH3 is 1. The van der Waals surface area contributed by atoms with Crippen molar-refractivity contribution in [3.63, 3.8) is 0 Å².